The average Bonchev–Trinajstić information content (AvgIpc) is 3.47. The summed E-state index contributed by atoms with van der Waals surface area (Å²) in [6.07, 6.45) is 1.58. The van der Waals surface area contributed by atoms with E-state index >= 15 is 0 Å². The minimum Gasteiger partial charge on any atom is -0.380 e. The molecule has 5 aliphatic rings. The van der Waals surface area contributed by atoms with E-state index in [9.17, 15) is 18.4 Å². The van der Waals surface area contributed by atoms with Crippen LogP contribution < -0.4 is 32.1 Å². The first kappa shape index (κ1) is 29.6. The van der Waals surface area contributed by atoms with Gasteiger partial charge in [0.05, 0.1) is 17.5 Å². The third-order valence-electron chi connectivity index (χ3n) is 8.74. The zero-order chi connectivity index (χ0) is 27.7. The summed E-state index contributed by atoms with van der Waals surface area (Å²) in [5, 5.41) is 13.6. The summed E-state index contributed by atoms with van der Waals surface area (Å²) in [5.41, 5.74) is 5.13. The second-order valence-electron chi connectivity index (χ2n) is 11.2. The number of piperidine rings is 2. The molecule has 5 fully saturated rings. The maximum Gasteiger partial charge on any atom is 0.346 e. The van der Waals surface area contributed by atoms with E-state index in [2.05, 4.69) is 43.8 Å². The molecular formula is C24H40ClF2N7O4S. The topological polar surface area (TPSA) is 128 Å². The molecule has 0 aromatic heterocycles. The number of methoxy groups -OCH3 is 1. The Bertz CT molecular complexity index is 862. The first-order valence-corrected chi connectivity index (χ1v) is 15.2. The van der Waals surface area contributed by atoms with Gasteiger partial charge in [0.1, 0.15) is 17.8 Å². The highest BCUT2D eigenvalue weighted by Gasteiger charge is 2.47. The molecule has 6 N–H and O–H groups in total. The van der Waals surface area contributed by atoms with Crippen molar-refractivity contribution in [2.45, 2.75) is 85.9 Å². The molecule has 5 heterocycles. The summed E-state index contributed by atoms with van der Waals surface area (Å²) in [5.74, 6) is 0.135. The first-order valence-electron chi connectivity index (χ1n) is 13.8. The molecule has 0 aromatic rings. The number of hydrogen-bond acceptors (Lipinski definition) is 10. The zero-order valence-electron chi connectivity index (χ0n) is 22.2. The van der Waals surface area contributed by atoms with Gasteiger partial charge in [-0.1, -0.05) is 0 Å². The molecule has 2 amide bonds. The predicted octanol–water partition coefficient (Wildman–Crippen LogP) is -0.0725. The standard InChI is InChI=1S/C24H40ClF2N7O4S/c1-11-5-12(13-6-19(25)29-8-17(13)37-2)14(7-28-11)21(35)31-24-30-16-9-34(10-18(16)39-24)22(36)15-3-4-20(33-32-15)38-23(26)27/h11-20,23-24,28-30,32-33H,3-10H2,1-2H3,(H,31,35). The fraction of sp³-hybridized carbons (Fsp3) is 0.917. The van der Waals surface area contributed by atoms with Gasteiger partial charge in [0.2, 0.25) is 11.8 Å². The number of likely N-dealkylation sites (tertiary alicyclic amines) is 1. The van der Waals surface area contributed by atoms with Crippen LogP contribution >= 0.6 is 23.4 Å². The smallest absolute Gasteiger partial charge is 0.346 e. The number of ether oxygens (including phenoxy) is 2. The number of carbonyl (C=O) groups excluding carboxylic acids is 2. The van der Waals surface area contributed by atoms with Crippen LogP contribution in [0.15, 0.2) is 0 Å². The van der Waals surface area contributed by atoms with Gasteiger partial charge < -0.3 is 25.0 Å². The van der Waals surface area contributed by atoms with Crippen LogP contribution in [-0.2, 0) is 19.1 Å². The molecule has 0 bridgehead atoms. The molecule has 39 heavy (non-hydrogen) atoms. The molecule has 11 unspecified atom stereocenters. The van der Waals surface area contributed by atoms with Crippen LogP contribution in [-0.4, -0.2) is 103 Å². The molecule has 5 aliphatic heterocycles. The molecular weight excluding hydrogens is 556 g/mol. The van der Waals surface area contributed by atoms with E-state index in [-0.39, 0.29) is 58.0 Å². The van der Waals surface area contributed by atoms with E-state index in [0.717, 1.165) is 12.8 Å². The number of amides is 2. The maximum atomic E-state index is 13.6. The molecule has 0 aromatic carbocycles. The number of hydrogen-bond donors (Lipinski definition) is 6. The lowest BCUT2D eigenvalue weighted by molar-refractivity contribution is -0.182. The van der Waals surface area contributed by atoms with Crippen molar-refractivity contribution in [2.75, 3.05) is 33.3 Å². The highest BCUT2D eigenvalue weighted by Crippen LogP contribution is 2.38. The largest absolute Gasteiger partial charge is 0.380 e. The lowest BCUT2D eigenvalue weighted by atomic mass is 9.70. The summed E-state index contributed by atoms with van der Waals surface area (Å²) in [7, 11) is 1.72. The van der Waals surface area contributed by atoms with Gasteiger partial charge in [-0.3, -0.25) is 20.2 Å². The van der Waals surface area contributed by atoms with Gasteiger partial charge in [0.25, 0.3) is 0 Å². The highest BCUT2D eigenvalue weighted by atomic mass is 35.5. The fourth-order valence-corrected chi connectivity index (χ4v) is 8.44. The van der Waals surface area contributed by atoms with Crippen LogP contribution in [0.5, 0.6) is 0 Å². The number of alkyl halides is 3. The Hall–Kier alpha value is -0.840. The second kappa shape index (κ2) is 13.0. The third-order valence-corrected chi connectivity index (χ3v) is 10.4. The number of nitrogens with zero attached hydrogens (tertiary/aromatic N) is 1. The number of thioether (sulfide) groups is 1. The minimum atomic E-state index is -2.86. The van der Waals surface area contributed by atoms with Crippen molar-refractivity contribution in [2.24, 2.45) is 17.8 Å². The van der Waals surface area contributed by atoms with Crippen LogP contribution in [0.2, 0.25) is 0 Å². The van der Waals surface area contributed by atoms with Gasteiger partial charge in [-0.15, -0.1) is 23.4 Å². The van der Waals surface area contributed by atoms with Gasteiger partial charge in [-0.25, -0.2) is 10.9 Å². The Morgan fingerprint density at radius 3 is 2.62 bits per heavy atom. The lowest BCUT2D eigenvalue weighted by Gasteiger charge is -2.45. The van der Waals surface area contributed by atoms with Crippen LogP contribution in [0, 0.1) is 17.8 Å². The molecule has 15 heteroatoms. The molecule has 222 valence electrons. The Balaban J connectivity index is 1.12. The first-order chi connectivity index (χ1) is 18.7. The maximum absolute atomic E-state index is 13.6. The molecule has 0 aliphatic carbocycles. The number of carbonyl (C=O) groups is 2. The third kappa shape index (κ3) is 6.97. The van der Waals surface area contributed by atoms with Crippen molar-refractivity contribution in [3.8, 4) is 0 Å². The van der Waals surface area contributed by atoms with Crippen molar-refractivity contribution in [3.05, 3.63) is 0 Å². The van der Waals surface area contributed by atoms with Crippen molar-refractivity contribution in [1.82, 2.24) is 37.0 Å². The Kier molecular flexibility index (Phi) is 9.87. The predicted molar refractivity (Wildman–Crippen MR) is 143 cm³/mol. The van der Waals surface area contributed by atoms with Gasteiger partial charge in [0.15, 0.2) is 0 Å². The summed E-state index contributed by atoms with van der Waals surface area (Å²) >= 11 is 8.09. The number of nitrogens with one attached hydrogen (secondary N) is 6. The highest BCUT2D eigenvalue weighted by molar-refractivity contribution is 8.00. The Labute approximate surface area is 236 Å². The van der Waals surface area contributed by atoms with E-state index in [0.29, 0.717) is 45.1 Å². The molecule has 0 spiro atoms. The molecule has 11 nitrogen and oxygen atoms in total. The number of halogens is 3. The summed E-state index contributed by atoms with van der Waals surface area (Å²) in [4.78, 5) is 28.4. The Morgan fingerprint density at radius 1 is 1.10 bits per heavy atom. The van der Waals surface area contributed by atoms with Crippen LogP contribution in [0.25, 0.3) is 0 Å². The molecule has 11 atom stereocenters. The number of rotatable bonds is 7. The van der Waals surface area contributed by atoms with Crippen molar-refractivity contribution in [1.29, 1.82) is 0 Å². The van der Waals surface area contributed by atoms with Gasteiger partial charge >= 0.3 is 6.61 Å². The van der Waals surface area contributed by atoms with Crippen molar-refractivity contribution in [3.63, 3.8) is 0 Å². The minimum absolute atomic E-state index is 0.0176. The number of fused-ring (bicyclic) bond motifs is 1. The average molecular weight is 596 g/mol. The summed E-state index contributed by atoms with van der Waals surface area (Å²) in [6, 6.07) is -0.104. The summed E-state index contributed by atoms with van der Waals surface area (Å²) < 4.78 is 35.1. The lowest BCUT2D eigenvalue weighted by Crippen LogP contribution is -2.59. The van der Waals surface area contributed by atoms with E-state index in [1.54, 1.807) is 23.8 Å². The fourth-order valence-electron chi connectivity index (χ4n) is 6.73. The van der Waals surface area contributed by atoms with Gasteiger partial charge in [-0.2, -0.15) is 8.78 Å². The van der Waals surface area contributed by atoms with Crippen LogP contribution in [0.3, 0.4) is 0 Å². The van der Waals surface area contributed by atoms with E-state index < -0.39 is 18.9 Å². The molecule has 5 saturated heterocycles. The number of hydrazine groups is 1. The molecule has 0 radical (unpaired) electrons. The monoisotopic (exact) mass is 595 g/mol. The molecule has 5 rings (SSSR count). The van der Waals surface area contributed by atoms with Crippen LogP contribution in [0.1, 0.15) is 32.6 Å². The van der Waals surface area contributed by atoms with Crippen molar-refractivity contribution < 1.29 is 27.8 Å². The van der Waals surface area contributed by atoms with Crippen LogP contribution in [0.4, 0.5) is 8.78 Å². The SMILES string of the molecule is COC1CNC(Cl)CC1C1CC(C)NCC1C(=O)NC1NC2CN(C(=O)C3CCC(OC(F)F)NN3)CC2S1. The van der Waals surface area contributed by atoms with Gasteiger partial charge in [-0.05, 0) is 44.4 Å². The van der Waals surface area contributed by atoms with E-state index in [4.69, 9.17) is 16.3 Å². The normalized spacial score (nSPS) is 42.9. The summed E-state index contributed by atoms with van der Waals surface area (Å²) in [6.45, 7) is 1.68. The van der Waals surface area contributed by atoms with E-state index in [1.165, 1.54) is 0 Å². The zero-order valence-corrected chi connectivity index (χ0v) is 23.8. The van der Waals surface area contributed by atoms with E-state index in [1.807, 2.05) is 0 Å². The van der Waals surface area contributed by atoms with Crippen molar-refractivity contribution >= 4 is 35.2 Å². The second-order valence-corrected chi connectivity index (χ2v) is 13.1. The quantitative estimate of drug-likeness (QED) is 0.176. The molecule has 0 saturated carbocycles. The van der Waals surface area contributed by atoms with Gasteiger partial charge in [0, 0.05) is 50.6 Å². The Morgan fingerprint density at radius 2 is 1.92 bits per heavy atom.